The summed E-state index contributed by atoms with van der Waals surface area (Å²) in [6.45, 7) is 2.07. The van der Waals surface area contributed by atoms with Crippen LogP contribution in [0.1, 0.15) is 12.0 Å². The third-order valence-corrected chi connectivity index (χ3v) is 8.54. The fourth-order valence-electron chi connectivity index (χ4n) is 6.28. The second-order valence-electron chi connectivity index (χ2n) is 11.3. The summed E-state index contributed by atoms with van der Waals surface area (Å²) in [6.07, 6.45) is 0.449. The topological polar surface area (TPSA) is 55.8 Å². The van der Waals surface area contributed by atoms with Gasteiger partial charge in [0.15, 0.2) is 0 Å². The van der Waals surface area contributed by atoms with Gasteiger partial charge in [-0.15, -0.1) is 0 Å². The van der Waals surface area contributed by atoms with Gasteiger partial charge in [-0.2, -0.15) is 0 Å². The van der Waals surface area contributed by atoms with Crippen LogP contribution in [0.25, 0.3) is 43.4 Å². The van der Waals surface area contributed by atoms with Crippen molar-refractivity contribution >= 4 is 44.2 Å². The van der Waals surface area contributed by atoms with Crippen molar-refractivity contribution in [2.45, 2.75) is 12.8 Å². The number of amides is 1. The van der Waals surface area contributed by atoms with E-state index in [-0.39, 0.29) is 12.3 Å². The largest absolute Gasteiger partial charge is 0.426 e. The van der Waals surface area contributed by atoms with E-state index >= 15 is 0 Å². The van der Waals surface area contributed by atoms with Crippen molar-refractivity contribution in [3.8, 4) is 16.9 Å². The number of ether oxygens (including phenoxy) is 2. The molecule has 0 aromatic heterocycles. The molecule has 1 amide bonds. The minimum absolute atomic E-state index is 0.0587. The number of benzene rings is 6. The fourth-order valence-corrected chi connectivity index (χ4v) is 6.28. The number of carbonyl (C=O) groups excluding carboxylic acids is 2. The Balaban J connectivity index is 1.29. The predicted octanol–water partition coefficient (Wildman–Crippen LogP) is 7.63. The first kappa shape index (κ1) is 27.8. The molecule has 0 bridgehead atoms. The molecule has 1 aliphatic heterocycles. The van der Waals surface area contributed by atoms with E-state index in [9.17, 15) is 9.59 Å². The number of rotatable bonds is 7. The Morgan fingerprint density at radius 3 is 2.14 bits per heavy atom. The Morgan fingerprint density at radius 1 is 0.727 bits per heavy atom. The molecule has 7 rings (SSSR count). The summed E-state index contributed by atoms with van der Waals surface area (Å²) < 4.78 is 11.8. The molecule has 5 nitrogen and oxygen atoms in total. The second-order valence-corrected chi connectivity index (χ2v) is 11.3. The van der Waals surface area contributed by atoms with Crippen LogP contribution in [0.2, 0.25) is 0 Å². The second kappa shape index (κ2) is 12.3. The normalized spacial score (nSPS) is 14.1. The molecule has 0 N–H and O–H groups in total. The van der Waals surface area contributed by atoms with Crippen molar-refractivity contribution in [2.24, 2.45) is 5.92 Å². The minimum Gasteiger partial charge on any atom is -0.426 e. The molecule has 1 saturated heterocycles. The third-order valence-electron chi connectivity index (χ3n) is 8.54. The zero-order chi connectivity index (χ0) is 29.9. The van der Waals surface area contributed by atoms with Crippen molar-refractivity contribution in [3.05, 3.63) is 127 Å². The molecule has 1 fully saturated rings. The lowest BCUT2D eigenvalue weighted by Crippen LogP contribution is -2.42. The van der Waals surface area contributed by atoms with Crippen molar-refractivity contribution in [1.29, 1.82) is 0 Å². The van der Waals surface area contributed by atoms with Crippen LogP contribution in [-0.2, 0) is 20.7 Å². The lowest BCUT2D eigenvalue weighted by Gasteiger charge is -2.28. The Bertz CT molecular complexity index is 1980. The van der Waals surface area contributed by atoms with Gasteiger partial charge >= 0.3 is 5.97 Å². The number of hydrogen-bond donors (Lipinski definition) is 0. The third kappa shape index (κ3) is 5.54. The van der Waals surface area contributed by atoms with E-state index in [4.69, 9.17) is 9.47 Å². The molecule has 0 aliphatic carbocycles. The van der Waals surface area contributed by atoms with Crippen molar-refractivity contribution in [2.75, 3.05) is 26.3 Å². The van der Waals surface area contributed by atoms with Crippen molar-refractivity contribution < 1.29 is 19.1 Å². The average Bonchev–Trinajstić information content (AvgIpc) is 3.08. The summed E-state index contributed by atoms with van der Waals surface area (Å²) in [5, 5.41) is 6.29. The molecule has 1 unspecified atom stereocenters. The molecular formula is C39H32NO4. The van der Waals surface area contributed by atoms with Gasteiger partial charge in [0.2, 0.25) is 5.91 Å². The summed E-state index contributed by atoms with van der Waals surface area (Å²) in [5.74, 6) is -0.692. The number of esters is 1. The van der Waals surface area contributed by atoms with E-state index in [1.165, 1.54) is 0 Å². The van der Waals surface area contributed by atoms with Crippen LogP contribution in [-0.4, -0.2) is 43.1 Å². The van der Waals surface area contributed by atoms with E-state index in [1.54, 1.807) is 4.90 Å². The average molecular weight is 579 g/mol. The smallest absolute Gasteiger partial charge is 0.315 e. The van der Waals surface area contributed by atoms with Crippen molar-refractivity contribution in [3.63, 3.8) is 0 Å². The lowest BCUT2D eigenvalue weighted by molar-refractivity contribution is -0.145. The maximum Gasteiger partial charge on any atom is 0.315 e. The first-order chi connectivity index (χ1) is 21.7. The Morgan fingerprint density at radius 2 is 1.36 bits per heavy atom. The molecule has 0 spiro atoms. The zero-order valence-electron chi connectivity index (χ0n) is 24.4. The van der Waals surface area contributed by atoms with E-state index in [0.717, 1.165) is 49.0 Å². The Labute approximate surface area is 256 Å². The zero-order valence-corrected chi connectivity index (χ0v) is 24.4. The van der Waals surface area contributed by atoms with Gasteiger partial charge in [0.25, 0.3) is 0 Å². The van der Waals surface area contributed by atoms with Gasteiger partial charge in [0.1, 0.15) is 5.75 Å². The summed E-state index contributed by atoms with van der Waals surface area (Å²) in [7, 11) is 0. The molecule has 44 heavy (non-hydrogen) atoms. The Kier molecular flexibility index (Phi) is 7.78. The van der Waals surface area contributed by atoms with E-state index < -0.39 is 11.9 Å². The van der Waals surface area contributed by atoms with Gasteiger partial charge in [-0.1, -0.05) is 109 Å². The van der Waals surface area contributed by atoms with Crippen LogP contribution in [0.3, 0.4) is 0 Å². The molecular weight excluding hydrogens is 546 g/mol. The fraction of sp³-hybridized carbons (Fsp3) is 0.179. The molecule has 1 radical (unpaired) electrons. The Hall–Kier alpha value is -5.00. The predicted molar refractivity (Wildman–Crippen MR) is 175 cm³/mol. The molecule has 1 heterocycles. The maximum absolute atomic E-state index is 14.2. The van der Waals surface area contributed by atoms with Gasteiger partial charge < -0.3 is 14.4 Å². The van der Waals surface area contributed by atoms with Gasteiger partial charge in [-0.3, -0.25) is 9.59 Å². The minimum atomic E-state index is -0.674. The maximum atomic E-state index is 14.2. The number of hydrogen-bond acceptors (Lipinski definition) is 4. The number of morpholine rings is 1. The summed E-state index contributed by atoms with van der Waals surface area (Å²) in [6, 6.07) is 41.7. The van der Waals surface area contributed by atoms with E-state index in [1.807, 2.05) is 78.9 Å². The highest BCUT2D eigenvalue weighted by atomic mass is 16.5. The number of carbonyl (C=O) groups is 2. The summed E-state index contributed by atoms with van der Waals surface area (Å²) in [5.41, 5.74) is 2.70. The molecule has 5 heteroatoms. The van der Waals surface area contributed by atoms with Gasteiger partial charge in [-0.05, 0) is 56.4 Å². The van der Waals surface area contributed by atoms with Gasteiger partial charge in [0.05, 0.1) is 19.1 Å². The van der Waals surface area contributed by atoms with Crippen LogP contribution in [0, 0.1) is 12.0 Å². The quantitative estimate of drug-likeness (QED) is 0.144. The SMILES string of the molecule is O=C(Oc1ccc2ccccc2c1-c1[c]ccc2ccccc12)C(CC(=O)N1CCOCC1)Cc1cccc2ccccc12. The van der Waals surface area contributed by atoms with Crippen molar-refractivity contribution in [1.82, 2.24) is 4.90 Å². The first-order valence-electron chi connectivity index (χ1n) is 15.1. The molecule has 6 aromatic rings. The van der Waals surface area contributed by atoms with Gasteiger partial charge in [-0.25, -0.2) is 0 Å². The standard InChI is InChI=1S/C39H32NO4/c41-37(40-21-23-43-24-22-40)26-31(25-30-14-7-12-27-9-1-4-15-32(27)30)39(42)44-36-20-19-29-11-3-6-17-34(29)38(36)35-18-8-13-28-10-2-5-16-33(28)35/h1-17,19-20,31H,21-26H2. The van der Waals surface area contributed by atoms with Crippen LogP contribution < -0.4 is 4.74 Å². The summed E-state index contributed by atoms with van der Waals surface area (Å²) >= 11 is 0. The molecule has 0 saturated carbocycles. The van der Waals surface area contributed by atoms with Gasteiger partial charge in [0, 0.05) is 30.6 Å². The number of fused-ring (bicyclic) bond motifs is 3. The first-order valence-corrected chi connectivity index (χ1v) is 15.1. The highest BCUT2D eigenvalue weighted by Gasteiger charge is 2.29. The summed E-state index contributed by atoms with van der Waals surface area (Å²) in [4.78, 5) is 29.5. The van der Waals surface area contributed by atoms with Crippen LogP contribution in [0.4, 0.5) is 0 Å². The number of nitrogens with zero attached hydrogens (tertiary/aromatic N) is 1. The molecule has 1 atom stereocenters. The highest BCUT2D eigenvalue weighted by Crippen LogP contribution is 2.41. The van der Waals surface area contributed by atoms with E-state index in [2.05, 4.69) is 42.5 Å². The lowest BCUT2D eigenvalue weighted by atomic mass is 9.91. The molecule has 1 aliphatic rings. The molecule has 6 aromatic carbocycles. The van der Waals surface area contributed by atoms with Crippen LogP contribution in [0.15, 0.2) is 115 Å². The van der Waals surface area contributed by atoms with E-state index in [0.29, 0.717) is 38.5 Å². The van der Waals surface area contributed by atoms with Crippen LogP contribution in [0.5, 0.6) is 5.75 Å². The monoisotopic (exact) mass is 578 g/mol. The van der Waals surface area contributed by atoms with Crippen LogP contribution >= 0.6 is 0 Å². The highest BCUT2D eigenvalue weighted by molar-refractivity contribution is 6.08. The molecule has 217 valence electrons.